The monoisotopic (exact) mass is 684 g/mol. The van der Waals surface area contributed by atoms with Gasteiger partial charge >= 0.3 is 8.80 Å². The number of rotatable bonds is 41. The van der Waals surface area contributed by atoms with E-state index < -0.39 is 8.80 Å². The lowest BCUT2D eigenvalue weighted by atomic mass is 10.1. The molecule has 0 spiro atoms. The quantitative estimate of drug-likeness (QED) is 0.0515. The molecule has 0 rings (SSSR count). The number of hydrogen-bond acceptors (Lipinski definition) is 4. The van der Waals surface area contributed by atoms with Crippen molar-refractivity contribution in [2.75, 3.05) is 19.8 Å². The molecule has 0 bridgehead atoms. The van der Waals surface area contributed by atoms with Crippen molar-refractivity contribution in [1.82, 2.24) is 0 Å². The smallest absolute Gasteiger partial charge is 0.373 e. The number of unbranched alkanes of at least 4 members (excludes halogenated alkanes) is 29. The molecule has 0 aliphatic rings. The van der Waals surface area contributed by atoms with Crippen LogP contribution < -0.4 is 5.73 Å². The van der Waals surface area contributed by atoms with Crippen LogP contribution in [0.3, 0.4) is 0 Å². The van der Waals surface area contributed by atoms with Crippen LogP contribution in [0.4, 0.5) is 0 Å². The third-order valence-corrected chi connectivity index (χ3v) is 12.7. The van der Waals surface area contributed by atoms with Gasteiger partial charge in [-0.3, -0.25) is 0 Å². The van der Waals surface area contributed by atoms with E-state index in [0.29, 0.717) is 0 Å². The second-order valence-electron chi connectivity index (χ2n) is 15.0. The standard InChI is InChI=1S/C42H89NO3Si/c1-5-8-11-14-17-20-23-24-27-30-33-36-40-46-47(41-37-42(4)43,44-38-34-31-28-25-21-18-15-12-9-6-2)45-39-35-32-29-26-22-19-16-13-10-7-3/h42H,5-41,43H2,1-4H3. The summed E-state index contributed by atoms with van der Waals surface area (Å²) in [6, 6.07) is 1.01. The van der Waals surface area contributed by atoms with E-state index in [1.54, 1.807) is 0 Å². The molecule has 1 atom stereocenters. The molecule has 0 aliphatic carbocycles. The summed E-state index contributed by atoms with van der Waals surface area (Å²) in [5, 5.41) is 0. The molecule has 0 saturated heterocycles. The van der Waals surface area contributed by atoms with Crippen LogP contribution in [0, 0.1) is 0 Å². The molecule has 47 heavy (non-hydrogen) atoms. The third-order valence-electron chi connectivity index (χ3n) is 9.87. The largest absolute Gasteiger partial charge is 0.501 e. The molecular formula is C42H89NO3Si. The molecule has 0 aromatic rings. The molecule has 4 nitrogen and oxygen atoms in total. The van der Waals surface area contributed by atoms with Crippen molar-refractivity contribution >= 4 is 8.80 Å². The Morgan fingerprint density at radius 3 is 0.787 bits per heavy atom. The predicted octanol–water partition coefficient (Wildman–Crippen LogP) is 14.3. The third kappa shape index (κ3) is 35.7. The Balaban J connectivity index is 4.56. The Hall–Kier alpha value is 0.0569. The molecule has 5 heteroatoms. The summed E-state index contributed by atoms with van der Waals surface area (Å²) in [5.74, 6) is 0. The van der Waals surface area contributed by atoms with Crippen LogP contribution in [0.2, 0.25) is 6.04 Å². The molecule has 1 unspecified atom stereocenters. The van der Waals surface area contributed by atoms with Gasteiger partial charge in [-0.1, -0.05) is 207 Å². The summed E-state index contributed by atoms with van der Waals surface area (Å²) in [5.41, 5.74) is 6.25. The highest BCUT2D eigenvalue weighted by Gasteiger charge is 2.41. The fourth-order valence-electron chi connectivity index (χ4n) is 6.55. The first-order valence-electron chi connectivity index (χ1n) is 21.8. The van der Waals surface area contributed by atoms with Crippen LogP contribution >= 0.6 is 0 Å². The summed E-state index contributed by atoms with van der Waals surface area (Å²) in [6.45, 7) is 11.3. The Bertz CT molecular complexity index is 550. The summed E-state index contributed by atoms with van der Waals surface area (Å²) in [7, 11) is -2.73. The van der Waals surface area contributed by atoms with Crippen molar-refractivity contribution in [3.63, 3.8) is 0 Å². The lowest BCUT2D eigenvalue weighted by Gasteiger charge is -2.30. The van der Waals surface area contributed by atoms with Gasteiger partial charge in [0.25, 0.3) is 0 Å². The fraction of sp³-hybridized carbons (Fsp3) is 1.00. The van der Waals surface area contributed by atoms with Crippen molar-refractivity contribution in [2.24, 2.45) is 5.73 Å². The zero-order valence-corrected chi connectivity index (χ0v) is 34.0. The van der Waals surface area contributed by atoms with Crippen LogP contribution in [0.25, 0.3) is 0 Å². The van der Waals surface area contributed by atoms with Gasteiger partial charge in [-0.15, -0.1) is 0 Å². The van der Waals surface area contributed by atoms with Crippen LogP contribution in [0.1, 0.15) is 240 Å². The van der Waals surface area contributed by atoms with Crippen molar-refractivity contribution in [2.45, 2.75) is 252 Å². The normalized spacial score (nSPS) is 12.7. The van der Waals surface area contributed by atoms with Gasteiger partial charge in [0.2, 0.25) is 0 Å². The molecule has 0 heterocycles. The highest BCUT2D eigenvalue weighted by atomic mass is 28.4. The van der Waals surface area contributed by atoms with E-state index in [-0.39, 0.29) is 6.04 Å². The summed E-state index contributed by atoms with van der Waals surface area (Å²) < 4.78 is 20.1. The highest BCUT2D eigenvalue weighted by molar-refractivity contribution is 6.60. The molecule has 0 saturated carbocycles. The van der Waals surface area contributed by atoms with E-state index in [1.807, 2.05) is 0 Å². The van der Waals surface area contributed by atoms with Crippen molar-refractivity contribution in [3.05, 3.63) is 0 Å². The minimum absolute atomic E-state index is 0.152. The topological polar surface area (TPSA) is 53.7 Å². The maximum Gasteiger partial charge on any atom is 0.501 e. The van der Waals surface area contributed by atoms with E-state index in [9.17, 15) is 0 Å². The molecule has 0 aromatic heterocycles. The minimum Gasteiger partial charge on any atom is -0.373 e. The summed E-state index contributed by atoms with van der Waals surface area (Å²) >= 11 is 0. The Morgan fingerprint density at radius 1 is 0.362 bits per heavy atom. The van der Waals surface area contributed by atoms with Crippen molar-refractivity contribution < 1.29 is 13.3 Å². The molecule has 0 fully saturated rings. The maximum absolute atomic E-state index is 6.69. The van der Waals surface area contributed by atoms with Crippen LogP contribution in [0.15, 0.2) is 0 Å². The molecule has 0 radical (unpaired) electrons. The molecule has 0 amide bonds. The number of nitrogens with two attached hydrogens (primary N) is 1. The van der Waals surface area contributed by atoms with Crippen LogP contribution in [0.5, 0.6) is 0 Å². The van der Waals surface area contributed by atoms with Crippen LogP contribution in [-0.2, 0) is 13.3 Å². The SMILES string of the molecule is CCCCCCCCCCCCCCO[Si](CCC(C)N)(OCCCCCCCCCCCC)OCCCCCCCCCCCC. The van der Waals surface area contributed by atoms with Gasteiger partial charge < -0.3 is 19.0 Å². The molecule has 284 valence electrons. The molecule has 0 aliphatic heterocycles. The second kappa shape index (κ2) is 38.9. The van der Waals surface area contributed by atoms with Gasteiger partial charge in [-0.2, -0.15) is 0 Å². The first-order chi connectivity index (χ1) is 23.1. The van der Waals surface area contributed by atoms with Crippen molar-refractivity contribution in [3.8, 4) is 0 Å². The van der Waals surface area contributed by atoms with E-state index in [4.69, 9.17) is 19.0 Å². The molecule has 2 N–H and O–H groups in total. The Morgan fingerprint density at radius 2 is 0.574 bits per heavy atom. The van der Waals surface area contributed by atoms with Gasteiger partial charge in [0.05, 0.1) is 0 Å². The van der Waals surface area contributed by atoms with Crippen molar-refractivity contribution in [1.29, 1.82) is 0 Å². The second-order valence-corrected chi connectivity index (χ2v) is 17.7. The van der Waals surface area contributed by atoms with Crippen LogP contribution in [-0.4, -0.2) is 34.7 Å². The fourth-order valence-corrected chi connectivity index (χ4v) is 9.41. The van der Waals surface area contributed by atoms with E-state index in [1.165, 1.54) is 186 Å². The van der Waals surface area contributed by atoms with Gasteiger partial charge in [0.1, 0.15) is 0 Å². The summed E-state index contributed by atoms with van der Waals surface area (Å²) in [6.07, 6.45) is 44.1. The zero-order chi connectivity index (χ0) is 34.4. The first-order valence-corrected chi connectivity index (χ1v) is 23.7. The average Bonchev–Trinajstić information content (AvgIpc) is 3.07. The maximum atomic E-state index is 6.69. The highest BCUT2D eigenvalue weighted by Crippen LogP contribution is 2.23. The van der Waals surface area contributed by atoms with E-state index in [2.05, 4.69) is 27.7 Å². The van der Waals surface area contributed by atoms with Gasteiger partial charge in [-0.25, -0.2) is 0 Å². The molecular weight excluding hydrogens is 595 g/mol. The lowest BCUT2D eigenvalue weighted by molar-refractivity contribution is 0.0544. The Kier molecular flexibility index (Phi) is 38.9. The zero-order valence-electron chi connectivity index (χ0n) is 33.0. The predicted molar refractivity (Wildman–Crippen MR) is 211 cm³/mol. The van der Waals surface area contributed by atoms with Gasteiger partial charge in [0, 0.05) is 31.9 Å². The molecule has 0 aromatic carbocycles. The Labute approximate surface area is 298 Å². The first kappa shape index (κ1) is 47.1. The van der Waals surface area contributed by atoms with E-state index in [0.717, 1.165) is 51.5 Å². The minimum atomic E-state index is -2.73. The average molecular weight is 684 g/mol. The number of hydrogen-bond donors (Lipinski definition) is 1. The summed E-state index contributed by atoms with van der Waals surface area (Å²) in [4.78, 5) is 0. The van der Waals surface area contributed by atoms with Gasteiger partial charge in [0.15, 0.2) is 0 Å². The van der Waals surface area contributed by atoms with Gasteiger partial charge in [-0.05, 0) is 32.6 Å². The van der Waals surface area contributed by atoms with E-state index >= 15 is 0 Å². The lowest BCUT2D eigenvalue weighted by Crippen LogP contribution is -2.47.